The van der Waals surface area contributed by atoms with Gasteiger partial charge < -0.3 is 5.32 Å². The summed E-state index contributed by atoms with van der Waals surface area (Å²) in [6.07, 6.45) is 3.45. The van der Waals surface area contributed by atoms with Crippen molar-refractivity contribution in [1.82, 2.24) is 15.3 Å². The van der Waals surface area contributed by atoms with Gasteiger partial charge in [0.05, 0.1) is 18.0 Å². The SMILES string of the molecule is CC(C)(C)c1csc(CNC(=O)CSc2ccncc2)n1. The molecular formula is C15H19N3OS2. The molecule has 0 fully saturated rings. The van der Waals surface area contributed by atoms with Crippen molar-refractivity contribution in [3.05, 3.63) is 40.6 Å². The van der Waals surface area contributed by atoms with Crippen LogP contribution in [-0.2, 0) is 16.8 Å². The number of hydrogen-bond acceptors (Lipinski definition) is 5. The molecule has 0 radical (unpaired) electrons. The molecule has 0 aliphatic heterocycles. The Labute approximate surface area is 133 Å². The molecule has 1 amide bonds. The van der Waals surface area contributed by atoms with Gasteiger partial charge in [0.15, 0.2) is 0 Å². The van der Waals surface area contributed by atoms with E-state index in [0.29, 0.717) is 12.3 Å². The predicted octanol–water partition coefficient (Wildman–Crippen LogP) is 3.24. The Kier molecular flexibility index (Phi) is 5.36. The van der Waals surface area contributed by atoms with Gasteiger partial charge in [-0.3, -0.25) is 9.78 Å². The van der Waals surface area contributed by atoms with Crippen LogP contribution in [0.25, 0.3) is 0 Å². The number of thiazole rings is 1. The van der Waals surface area contributed by atoms with Crippen LogP contribution in [0.3, 0.4) is 0 Å². The lowest BCUT2D eigenvalue weighted by Gasteiger charge is -2.14. The first-order valence-corrected chi connectivity index (χ1v) is 8.56. The van der Waals surface area contributed by atoms with E-state index in [1.807, 2.05) is 12.1 Å². The van der Waals surface area contributed by atoms with Crippen molar-refractivity contribution >= 4 is 29.0 Å². The van der Waals surface area contributed by atoms with Crippen LogP contribution < -0.4 is 5.32 Å². The van der Waals surface area contributed by atoms with Crippen LogP contribution in [0.1, 0.15) is 31.5 Å². The molecule has 2 aromatic rings. The molecule has 0 spiro atoms. The van der Waals surface area contributed by atoms with Crippen LogP contribution in [0.2, 0.25) is 0 Å². The number of amides is 1. The van der Waals surface area contributed by atoms with E-state index >= 15 is 0 Å². The number of rotatable bonds is 5. The first-order chi connectivity index (χ1) is 9.95. The summed E-state index contributed by atoms with van der Waals surface area (Å²) in [5, 5.41) is 5.92. The van der Waals surface area contributed by atoms with E-state index in [9.17, 15) is 4.79 Å². The fraction of sp³-hybridized carbons (Fsp3) is 0.400. The summed E-state index contributed by atoms with van der Waals surface area (Å²) in [7, 11) is 0. The van der Waals surface area contributed by atoms with E-state index in [1.165, 1.54) is 11.8 Å². The van der Waals surface area contributed by atoms with Crippen molar-refractivity contribution < 1.29 is 4.79 Å². The van der Waals surface area contributed by atoms with Gasteiger partial charge in [-0.25, -0.2) is 4.98 Å². The quantitative estimate of drug-likeness (QED) is 0.859. The first-order valence-electron chi connectivity index (χ1n) is 6.69. The Balaban J connectivity index is 1.78. The number of nitrogens with one attached hydrogen (secondary N) is 1. The van der Waals surface area contributed by atoms with Crippen LogP contribution in [0.15, 0.2) is 34.8 Å². The lowest BCUT2D eigenvalue weighted by molar-refractivity contribution is -0.118. The smallest absolute Gasteiger partial charge is 0.230 e. The second-order valence-corrected chi connectivity index (χ2v) is 7.62. The van der Waals surface area contributed by atoms with Gasteiger partial charge in [0, 0.05) is 28.1 Å². The maximum absolute atomic E-state index is 11.8. The summed E-state index contributed by atoms with van der Waals surface area (Å²) >= 11 is 3.10. The highest BCUT2D eigenvalue weighted by Gasteiger charge is 2.17. The van der Waals surface area contributed by atoms with Gasteiger partial charge in [-0.05, 0) is 12.1 Å². The highest BCUT2D eigenvalue weighted by Crippen LogP contribution is 2.23. The molecule has 1 N–H and O–H groups in total. The van der Waals surface area contributed by atoms with E-state index < -0.39 is 0 Å². The van der Waals surface area contributed by atoms with Gasteiger partial charge in [0.25, 0.3) is 0 Å². The molecule has 0 atom stereocenters. The first kappa shape index (κ1) is 16.0. The largest absolute Gasteiger partial charge is 0.349 e. The number of pyridine rings is 1. The minimum atomic E-state index is 0.0179. The Hall–Kier alpha value is -1.40. The molecule has 21 heavy (non-hydrogen) atoms. The average Bonchev–Trinajstić information content (AvgIpc) is 2.93. The van der Waals surface area contributed by atoms with E-state index in [2.05, 4.69) is 41.4 Å². The van der Waals surface area contributed by atoms with Crippen molar-refractivity contribution in [2.75, 3.05) is 5.75 Å². The Morgan fingerprint density at radius 1 is 1.33 bits per heavy atom. The minimum absolute atomic E-state index is 0.0179. The number of hydrogen-bond donors (Lipinski definition) is 1. The zero-order valence-corrected chi connectivity index (χ0v) is 14.1. The van der Waals surface area contributed by atoms with Crippen molar-refractivity contribution in [1.29, 1.82) is 0 Å². The van der Waals surface area contributed by atoms with E-state index in [0.717, 1.165) is 15.6 Å². The van der Waals surface area contributed by atoms with E-state index in [-0.39, 0.29) is 11.3 Å². The summed E-state index contributed by atoms with van der Waals surface area (Å²) in [6, 6.07) is 3.79. The number of aromatic nitrogens is 2. The summed E-state index contributed by atoms with van der Waals surface area (Å²) in [6.45, 7) is 6.90. The molecule has 6 heteroatoms. The molecule has 2 aromatic heterocycles. The van der Waals surface area contributed by atoms with Gasteiger partial charge >= 0.3 is 0 Å². The van der Waals surface area contributed by atoms with Gasteiger partial charge in [-0.15, -0.1) is 23.1 Å². The van der Waals surface area contributed by atoms with E-state index in [4.69, 9.17) is 0 Å². The number of carbonyl (C=O) groups is 1. The number of thioether (sulfide) groups is 1. The standard InChI is InChI=1S/C15H19N3OS2/c1-15(2,3)12-9-21-14(18-12)8-17-13(19)10-20-11-4-6-16-7-5-11/h4-7,9H,8,10H2,1-3H3,(H,17,19). The Morgan fingerprint density at radius 3 is 2.67 bits per heavy atom. The summed E-state index contributed by atoms with van der Waals surface area (Å²) in [4.78, 5) is 21.4. The molecular weight excluding hydrogens is 302 g/mol. The van der Waals surface area contributed by atoms with Gasteiger partial charge in [0.2, 0.25) is 5.91 Å². The van der Waals surface area contributed by atoms with Gasteiger partial charge in [0.1, 0.15) is 5.01 Å². The molecule has 0 unspecified atom stereocenters. The predicted molar refractivity (Wildman–Crippen MR) is 87.6 cm³/mol. The fourth-order valence-corrected chi connectivity index (χ4v) is 3.22. The van der Waals surface area contributed by atoms with Gasteiger partial charge in [-0.2, -0.15) is 0 Å². The highest BCUT2D eigenvalue weighted by atomic mass is 32.2. The molecule has 2 rings (SSSR count). The van der Waals surface area contributed by atoms with Crippen LogP contribution >= 0.6 is 23.1 Å². The summed E-state index contributed by atoms with van der Waals surface area (Å²) in [5.41, 5.74) is 1.12. The van der Waals surface area contributed by atoms with Crippen molar-refractivity contribution in [3.63, 3.8) is 0 Å². The molecule has 0 aliphatic rings. The third-order valence-corrected chi connectivity index (χ3v) is 4.64. The average molecular weight is 321 g/mol. The van der Waals surface area contributed by atoms with Crippen molar-refractivity contribution in [2.45, 2.75) is 37.6 Å². The third-order valence-electron chi connectivity index (χ3n) is 2.78. The third kappa shape index (κ3) is 5.13. The maximum Gasteiger partial charge on any atom is 0.230 e. The van der Waals surface area contributed by atoms with E-state index in [1.54, 1.807) is 23.7 Å². The van der Waals surface area contributed by atoms with Crippen LogP contribution in [0.4, 0.5) is 0 Å². The van der Waals surface area contributed by atoms with Crippen molar-refractivity contribution in [3.8, 4) is 0 Å². The number of nitrogens with zero attached hydrogens (tertiary/aromatic N) is 2. The summed E-state index contributed by atoms with van der Waals surface area (Å²) in [5.74, 6) is 0.422. The maximum atomic E-state index is 11.8. The van der Waals surface area contributed by atoms with Gasteiger partial charge in [-0.1, -0.05) is 20.8 Å². The monoisotopic (exact) mass is 321 g/mol. The molecule has 2 heterocycles. The zero-order chi connectivity index (χ0) is 15.3. The fourth-order valence-electron chi connectivity index (χ4n) is 1.55. The lowest BCUT2D eigenvalue weighted by atomic mass is 9.93. The second-order valence-electron chi connectivity index (χ2n) is 5.62. The summed E-state index contributed by atoms with van der Waals surface area (Å²) < 4.78 is 0. The highest BCUT2D eigenvalue weighted by molar-refractivity contribution is 8.00. The zero-order valence-electron chi connectivity index (χ0n) is 12.4. The molecule has 4 nitrogen and oxygen atoms in total. The minimum Gasteiger partial charge on any atom is -0.349 e. The van der Waals surface area contributed by atoms with Crippen LogP contribution in [0, 0.1) is 0 Å². The lowest BCUT2D eigenvalue weighted by Crippen LogP contribution is -2.24. The van der Waals surface area contributed by atoms with Crippen molar-refractivity contribution in [2.24, 2.45) is 0 Å². The molecule has 0 saturated heterocycles. The Bertz CT molecular complexity index is 590. The normalized spacial score (nSPS) is 11.4. The Morgan fingerprint density at radius 2 is 2.05 bits per heavy atom. The second kappa shape index (κ2) is 7.04. The topological polar surface area (TPSA) is 54.9 Å². The van der Waals surface area contributed by atoms with Crippen LogP contribution in [0.5, 0.6) is 0 Å². The molecule has 0 saturated carbocycles. The van der Waals surface area contributed by atoms with Crippen LogP contribution in [-0.4, -0.2) is 21.6 Å². The molecule has 112 valence electrons. The molecule has 0 aliphatic carbocycles. The molecule has 0 aromatic carbocycles. The molecule has 0 bridgehead atoms. The number of carbonyl (C=O) groups excluding carboxylic acids is 1.